The van der Waals surface area contributed by atoms with Gasteiger partial charge in [0.05, 0.1) is 7.11 Å². The first-order valence-electron chi connectivity index (χ1n) is 6.56. The molecule has 0 saturated carbocycles. The van der Waals surface area contributed by atoms with Crippen LogP contribution < -0.4 is 9.64 Å². The van der Waals surface area contributed by atoms with Gasteiger partial charge in [0.25, 0.3) is 0 Å². The van der Waals surface area contributed by atoms with Crippen molar-refractivity contribution in [3.63, 3.8) is 0 Å². The topological polar surface area (TPSA) is 12.5 Å². The van der Waals surface area contributed by atoms with Gasteiger partial charge in [-0.15, -0.1) is 0 Å². The Morgan fingerprint density at radius 2 is 1.71 bits per heavy atom. The van der Waals surface area contributed by atoms with Crippen LogP contribution in [0.1, 0.15) is 33.6 Å². The fourth-order valence-electron chi connectivity index (χ4n) is 2.80. The van der Waals surface area contributed by atoms with Crippen molar-refractivity contribution in [2.45, 2.75) is 45.7 Å². The molecule has 3 atom stereocenters. The maximum absolute atomic E-state index is 5.21. The monoisotopic (exact) mass is 233 g/mol. The molecular weight excluding hydrogens is 210 g/mol. The van der Waals surface area contributed by atoms with Crippen LogP contribution in [0.3, 0.4) is 0 Å². The maximum atomic E-state index is 5.21. The summed E-state index contributed by atoms with van der Waals surface area (Å²) < 4.78 is 5.21. The van der Waals surface area contributed by atoms with Crippen molar-refractivity contribution in [3.8, 4) is 5.75 Å². The molecule has 1 aromatic carbocycles. The van der Waals surface area contributed by atoms with Crippen LogP contribution in [0, 0.1) is 5.92 Å². The third-order valence-electron chi connectivity index (χ3n) is 4.15. The van der Waals surface area contributed by atoms with Crippen molar-refractivity contribution in [2.24, 2.45) is 5.92 Å². The number of rotatable bonds is 2. The summed E-state index contributed by atoms with van der Waals surface area (Å²) in [6.45, 7) is 7.02. The van der Waals surface area contributed by atoms with Gasteiger partial charge in [0.1, 0.15) is 5.75 Å². The van der Waals surface area contributed by atoms with Gasteiger partial charge in [-0.05, 0) is 56.9 Å². The Kier molecular flexibility index (Phi) is 3.60. The Morgan fingerprint density at radius 1 is 1.06 bits per heavy atom. The minimum absolute atomic E-state index is 0.618. The van der Waals surface area contributed by atoms with Crippen LogP contribution in [0.2, 0.25) is 0 Å². The molecule has 1 fully saturated rings. The lowest BCUT2D eigenvalue weighted by molar-refractivity contribution is 0.319. The summed E-state index contributed by atoms with van der Waals surface area (Å²) >= 11 is 0. The van der Waals surface area contributed by atoms with E-state index in [4.69, 9.17) is 4.74 Å². The lowest BCUT2D eigenvalue weighted by atomic mass is 9.87. The Hall–Kier alpha value is -1.18. The molecule has 17 heavy (non-hydrogen) atoms. The zero-order valence-electron chi connectivity index (χ0n) is 11.3. The minimum Gasteiger partial charge on any atom is -0.497 e. The highest BCUT2D eigenvalue weighted by molar-refractivity contribution is 5.51. The maximum Gasteiger partial charge on any atom is 0.119 e. The first-order valence-corrected chi connectivity index (χ1v) is 6.56. The zero-order chi connectivity index (χ0) is 12.4. The second-order valence-electron chi connectivity index (χ2n) is 5.25. The highest BCUT2D eigenvalue weighted by Crippen LogP contribution is 2.33. The van der Waals surface area contributed by atoms with Crippen molar-refractivity contribution in [1.82, 2.24) is 0 Å². The summed E-state index contributed by atoms with van der Waals surface area (Å²) in [5, 5.41) is 0. The molecule has 2 rings (SSSR count). The van der Waals surface area contributed by atoms with E-state index in [-0.39, 0.29) is 0 Å². The van der Waals surface area contributed by atoms with Gasteiger partial charge in [0.2, 0.25) is 0 Å². The lowest BCUT2D eigenvalue weighted by Crippen LogP contribution is -2.47. The van der Waals surface area contributed by atoms with E-state index < -0.39 is 0 Å². The van der Waals surface area contributed by atoms with Crippen LogP contribution in [0.25, 0.3) is 0 Å². The Labute approximate surface area is 105 Å². The molecule has 1 heterocycles. The third-order valence-corrected chi connectivity index (χ3v) is 4.15. The quantitative estimate of drug-likeness (QED) is 0.772. The number of piperidine rings is 1. The highest BCUT2D eigenvalue weighted by atomic mass is 16.5. The molecule has 1 aliphatic heterocycles. The summed E-state index contributed by atoms with van der Waals surface area (Å²) in [7, 11) is 1.71. The smallest absolute Gasteiger partial charge is 0.119 e. The van der Waals surface area contributed by atoms with Crippen LogP contribution in [-0.2, 0) is 0 Å². The van der Waals surface area contributed by atoms with Gasteiger partial charge < -0.3 is 9.64 Å². The molecular formula is C15H23NO. The van der Waals surface area contributed by atoms with Gasteiger partial charge in [-0.25, -0.2) is 0 Å². The molecule has 94 valence electrons. The SMILES string of the molecule is COc1ccc(N2[C@H](C)CC[C@@H](C)[C@H]2C)cc1. The van der Waals surface area contributed by atoms with Crippen molar-refractivity contribution in [3.05, 3.63) is 24.3 Å². The number of ether oxygens (including phenoxy) is 1. The largest absolute Gasteiger partial charge is 0.497 e. The molecule has 0 amide bonds. The van der Waals surface area contributed by atoms with E-state index in [1.165, 1.54) is 18.5 Å². The third kappa shape index (κ3) is 2.41. The number of nitrogens with zero attached hydrogens (tertiary/aromatic N) is 1. The second kappa shape index (κ2) is 4.99. The first-order chi connectivity index (χ1) is 8.13. The molecule has 2 nitrogen and oxygen atoms in total. The first kappa shape index (κ1) is 12.3. The molecule has 0 aromatic heterocycles. The number of hydrogen-bond donors (Lipinski definition) is 0. The number of benzene rings is 1. The van der Waals surface area contributed by atoms with E-state index in [9.17, 15) is 0 Å². The number of anilines is 1. The average molecular weight is 233 g/mol. The number of hydrogen-bond acceptors (Lipinski definition) is 2. The van der Waals surface area contributed by atoms with Gasteiger partial charge in [-0.1, -0.05) is 6.92 Å². The van der Waals surface area contributed by atoms with E-state index in [1.54, 1.807) is 7.11 Å². The Morgan fingerprint density at radius 3 is 2.29 bits per heavy atom. The molecule has 0 unspecified atom stereocenters. The Bertz CT molecular complexity index is 360. The Balaban J connectivity index is 2.23. The fraction of sp³-hybridized carbons (Fsp3) is 0.600. The molecule has 0 aliphatic carbocycles. The zero-order valence-corrected chi connectivity index (χ0v) is 11.3. The molecule has 0 spiro atoms. The molecule has 1 saturated heterocycles. The van der Waals surface area contributed by atoms with Crippen LogP contribution in [-0.4, -0.2) is 19.2 Å². The van der Waals surface area contributed by atoms with Crippen molar-refractivity contribution in [2.75, 3.05) is 12.0 Å². The summed E-state index contributed by atoms with van der Waals surface area (Å²) in [5.74, 6) is 1.70. The predicted octanol–water partition coefficient (Wildman–Crippen LogP) is 3.71. The van der Waals surface area contributed by atoms with Crippen LogP contribution in [0.4, 0.5) is 5.69 Å². The van der Waals surface area contributed by atoms with Crippen LogP contribution >= 0.6 is 0 Å². The van der Waals surface area contributed by atoms with Gasteiger partial charge in [0, 0.05) is 17.8 Å². The van der Waals surface area contributed by atoms with Gasteiger partial charge in [0.15, 0.2) is 0 Å². The molecule has 0 N–H and O–H groups in total. The van der Waals surface area contributed by atoms with Crippen molar-refractivity contribution < 1.29 is 4.74 Å². The summed E-state index contributed by atoms with van der Waals surface area (Å²) in [6, 6.07) is 9.69. The van der Waals surface area contributed by atoms with E-state index in [0.29, 0.717) is 12.1 Å². The van der Waals surface area contributed by atoms with E-state index in [2.05, 4.69) is 37.8 Å². The predicted molar refractivity (Wildman–Crippen MR) is 72.8 cm³/mol. The van der Waals surface area contributed by atoms with Crippen LogP contribution in [0.5, 0.6) is 5.75 Å². The molecule has 1 aromatic rings. The molecule has 0 radical (unpaired) electrons. The van der Waals surface area contributed by atoms with Gasteiger partial charge in [-0.2, -0.15) is 0 Å². The van der Waals surface area contributed by atoms with Crippen molar-refractivity contribution >= 4 is 5.69 Å². The molecule has 0 bridgehead atoms. The second-order valence-corrected chi connectivity index (χ2v) is 5.25. The minimum atomic E-state index is 0.618. The highest BCUT2D eigenvalue weighted by Gasteiger charge is 2.29. The van der Waals surface area contributed by atoms with Crippen molar-refractivity contribution in [1.29, 1.82) is 0 Å². The van der Waals surface area contributed by atoms with E-state index >= 15 is 0 Å². The normalized spacial score (nSPS) is 29.2. The van der Waals surface area contributed by atoms with Gasteiger partial charge in [-0.3, -0.25) is 0 Å². The fourth-order valence-corrected chi connectivity index (χ4v) is 2.80. The van der Waals surface area contributed by atoms with E-state index in [1.807, 2.05) is 12.1 Å². The summed E-state index contributed by atoms with van der Waals surface area (Å²) in [6.07, 6.45) is 2.63. The summed E-state index contributed by atoms with van der Waals surface area (Å²) in [4.78, 5) is 2.55. The molecule has 2 heteroatoms. The molecule has 1 aliphatic rings. The van der Waals surface area contributed by atoms with E-state index in [0.717, 1.165) is 11.7 Å². The van der Waals surface area contributed by atoms with Crippen LogP contribution in [0.15, 0.2) is 24.3 Å². The van der Waals surface area contributed by atoms with Gasteiger partial charge >= 0.3 is 0 Å². The standard InChI is InChI=1S/C15H23NO/c1-11-5-6-12(2)16(13(11)3)14-7-9-15(17-4)10-8-14/h7-13H,5-6H2,1-4H3/t11-,12-,13-/m1/s1. The summed E-state index contributed by atoms with van der Waals surface area (Å²) in [5.41, 5.74) is 1.32. The lowest BCUT2D eigenvalue weighted by Gasteiger charge is -2.44. The average Bonchev–Trinajstić information content (AvgIpc) is 2.35. The number of methoxy groups -OCH3 is 1.